The highest BCUT2D eigenvalue weighted by molar-refractivity contribution is 7.98. The van der Waals surface area contributed by atoms with Crippen LogP contribution in [0, 0.1) is 0 Å². The number of carbonyl (C=O) groups excluding carboxylic acids is 2. The molecule has 10 heteroatoms. The van der Waals surface area contributed by atoms with Crippen LogP contribution in [-0.4, -0.2) is 51.6 Å². The third kappa shape index (κ3) is 6.55. The summed E-state index contributed by atoms with van der Waals surface area (Å²) in [7, 11) is 0. The van der Waals surface area contributed by atoms with Gasteiger partial charge in [0.2, 0.25) is 29.4 Å². The molecule has 2 aromatic heterocycles. The van der Waals surface area contributed by atoms with E-state index in [2.05, 4.69) is 25.8 Å². The number of thioether (sulfide) groups is 1. The summed E-state index contributed by atoms with van der Waals surface area (Å²) in [4.78, 5) is 31.9. The minimum absolute atomic E-state index is 0.0750. The topological polar surface area (TPSA) is 119 Å². The maximum Gasteiger partial charge on any atom is 0.246 e. The highest BCUT2D eigenvalue weighted by Gasteiger charge is 2.19. The monoisotopic (exact) mass is 393 g/mol. The van der Waals surface area contributed by atoms with Crippen molar-refractivity contribution in [2.45, 2.75) is 32.9 Å². The molecule has 2 N–H and O–H groups in total. The van der Waals surface area contributed by atoms with Gasteiger partial charge in [0.15, 0.2) is 0 Å². The van der Waals surface area contributed by atoms with E-state index in [9.17, 15) is 9.59 Å². The van der Waals surface area contributed by atoms with Gasteiger partial charge in [0.1, 0.15) is 6.04 Å². The molecule has 0 aromatic carbocycles. The van der Waals surface area contributed by atoms with E-state index in [1.807, 2.05) is 13.2 Å². The van der Waals surface area contributed by atoms with Crippen LogP contribution < -0.4 is 15.4 Å². The van der Waals surface area contributed by atoms with Crippen LogP contribution in [0.25, 0.3) is 11.4 Å². The van der Waals surface area contributed by atoms with Gasteiger partial charge in [0.05, 0.1) is 13.2 Å². The number of hydrogen-bond donors (Lipinski definition) is 2. The first kappa shape index (κ1) is 20.7. The summed E-state index contributed by atoms with van der Waals surface area (Å²) < 4.78 is 10.5. The van der Waals surface area contributed by atoms with Crippen molar-refractivity contribution >= 4 is 23.6 Å². The number of rotatable bonds is 10. The standard InChI is InChI=1S/C17H23N5O4S/c1-4-25-14-6-5-12(9-18-14)16-21-15(26-22-16)10-19-17(24)13(7-8-27-3)20-11(2)23/h5-6,9,13H,4,7-8,10H2,1-3H3,(H,19,24)(H,20,23)/t13-/m0/s1. The lowest BCUT2D eigenvalue weighted by atomic mass is 10.2. The molecular weight excluding hydrogens is 370 g/mol. The summed E-state index contributed by atoms with van der Waals surface area (Å²) in [5, 5.41) is 9.25. The first-order valence-electron chi connectivity index (χ1n) is 8.49. The zero-order valence-electron chi connectivity index (χ0n) is 15.5. The van der Waals surface area contributed by atoms with E-state index in [1.54, 1.807) is 30.1 Å². The lowest BCUT2D eigenvalue weighted by Crippen LogP contribution is -2.46. The average molecular weight is 393 g/mol. The van der Waals surface area contributed by atoms with Crippen molar-refractivity contribution < 1.29 is 18.8 Å². The SMILES string of the molecule is CCOc1ccc(-c2noc(CNC(=O)[C@H](CCSC)NC(C)=O)n2)cn1. The molecule has 0 radical (unpaired) electrons. The van der Waals surface area contributed by atoms with Crippen LogP contribution in [0.15, 0.2) is 22.9 Å². The van der Waals surface area contributed by atoms with Crippen LogP contribution in [0.1, 0.15) is 26.2 Å². The Hall–Kier alpha value is -2.62. The lowest BCUT2D eigenvalue weighted by molar-refractivity contribution is -0.128. The Kier molecular flexibility index (Phi) is 8.05. The normalized spacial score (nSPS) is 11.7. The van der Waals surface area contributed by atoms with Crippen LogP contribution in [0.4, 0.5) is 0 Å². The van der Waals surface area contributed by atoms with Gasteiger partial charge in [-0.05, 0) is 31.4 Å². The summed E-state index contributed by atoms with van der Waals surface area (Å²) in [6.45, 7) is 3.88. The average Bonchev–Trinajstić information content (AvgIpc) is 3.13. The Labute approximate surface area is 161 Å². The number of carbonyl (C=O) groups is 2. The molecule has 1 atom stereocenters. The Morgan fingerprint density at radius 2 is 2.19 bits per heavy atom. The third-order valence-electron chi connectivity index (χ3n) is 3.47. The zero-order valence-corrected chi connectivity index (χ0v) is 16.3. The maximum absolute atomic E-state index is 12.3. The highest BCUT2D eigenvalue weighted by atomic mass is 32.2. The second-order valence-electron chi connectivity index (χ2n) is 5.58. The number of pyridine rings is 1. The van der Waals surface area contributed by atoms with Gasteiger partial charge in [-0.25, -0.2) is 4.98 Å². The fourth-order valence-electron chi connectivity index (χ4n) is 2.23. The van der Waals surface area contributed by atoms with Crippen molar-refractivity contribution in [3.8, 4) is 17.3 Å². The molecule has 0 aliphatic carbocycles. The first-order chi connectivity index (χ1) is 13.0. The van der Waals surface area contributed by atoms with Gasteiger partial charge < -0.3 is 19.9 Å². The molecule has 9 nitrogen and oxygen atoms in total. The highest BCUT2D eigenvalue weighted by Crippen LogP contribution is 2.17. The molecule has 0 spiro atoms. The summed E-state index contributed by atoms with van der Waals surface area (Å²) >= 11 is 1.61. The smallest absolute Gasteiger partial charge is 0.246 e. The Morgan fingerprint density at radius 1 is 1.37 bits per heavy atom. The van der Waals surface area contributed by atoms with Crippen molar-refractivity contribution in [1.82, 2.24) is 25.8 Å². The van der Waals surface area contributed by atoms with Gasteiger partial charge in [-0.15, -0.1) is 0 Å². The van der Waals surface area contributed by atoms with Gasteiger partial charge in [0, 0.05) is 24.8 Å². The number of amides is 2. The molecule has 2 aromatic rings. The molecule has 2 rings (SSSR count). The largest absolute Gasteiger partial charge is 0.478 e. The summed E-state index contributed by atoms with van der Waals surface area (Å²) in [6.07, 6.45) is 4.07. The number of aromatic nitrogens is 3. The Morgan fingerprint density at radius 3 is 2.81 bits per heavy atom. The molecular formula is C17H23N5O4S. The van der Waals surface area contributed by atoms with Crippen molar-refractivity contribution in [2.24, 2.45) is 0 Å². The van der Waals surface area contributed by atoms with Crippen molar-refractivity contribution in [3.63, 3.8) is 0 Å². The quantitative estimate of drug-likeness (QED) is 0.622. The maximum atomic E-state index is 12.3. The van der Waals surface area contributed by atoms with Gasteiger partial charge in [-0.1, -0.05) is 5.16 Å². The van der Waals surface area contributed by atoms with E-state index in [0.29, 0.717) is 30.3 Å². The molecule has 0 saturated heterocycles. The summed E-state index contributed by atoms with van der Waals surface area (Å²) in [6, 6.07) is 2.91. The van der Waals surface area contributed by atoms with Crippen LogP contribution in [-0.2, 0) is 16.1 Å². The van der Waals surface area contributed by atoms with E-state index in [0.717, 1.165) is 5.75 Å². The minimum atomic E-state index is -0.590. The van der Waals surface area contributed by atoms with Crippen LogP contribution in [0.5, 0.6) is 5.88 Å². The molecule has 0 bridgehead atoms. The lowest BCUT2D eigenvalue weighted by Gasteiger charge is -2.16. The number of nitrogens with one attached hydrogen (secondary N) is 2. The summed E-state index contributed by atoms with van der Waals surface area (Å²) in [5.74, 6) is 1.37. The summed E-state index contributed by atoms with van der Waals surface area (Å²) in [5.41, 5.74) is 0.677. The molecule has 2 amide bonds. The second kappa shape index (κ2) is 10.5. The first-order valence-corrected chi connectivity index (χ1v) is 9.88. The van der Waals surface area contributed by atoms with E-state index in [4.69, 9.17) is 9.26 Å². The number of nitrogens with zero attached hydrogens (tertiary/aromatic N) is 3. The van der Waals surface area contributed by atoms with Crippen LogP contribution in [0.2, 0.25) is 0 Å². The Bertz CT molecular complexity index is 750. The van der Waals surface area contributed by atoms with E-state index in [1.165, 1.54) is 6.92 Å². The molecule has 146 valence electrons. The molecule has 0 saturated carbocycles. The van der Waals surface area contributed by atoms with Gasteiger partial charge in [-0.3, -0.25) is 9.59 Å². The van der Waals surface area contributed by atoms with Gasteiger partial charge in [0.25, 0.3) is 0 Å². The van der Waals surface area contributed by atoms with Crippen molar-refractivity contribution in [2.75, 3.05) is 18.6 Å². The molecule has 0 fully saturated rings. The molecule has 2 heterocycles. The zero-order chi connectivity index (χ0) is 19.6. The number of hydrogen-bond acceptors (Lipinski definition) is 8. The predicted octanol–water partition coefficient (Wildman–Crippen LogP) is 1.40. The fraction of sp³-hybridized carbons (Fsp3) is 0.471. The van der Waals surface area contributed by atoms with Crippen molar-refractivity contribution in [1.29, 1.82) is 0 Å². The predicted molar refractivity (Wildman–Crippen MR) is 101 cm³/mol. The third-order valence-corrected chi connectivity index (χ3v) is 4.12. The minimum Gasteiger partial charge on any atom is -0.478 e. The van der Waals surface area contributed by atoms with Gasteiger partial charge in [-0.2, -0.15) is 16.7 Å². The van der Waals surface area contributed by atoms with Crippen molar-refractivity contribution in [3.05, 3.63) is 24.2 Å². The Balaban J connectivity index is 1.94. The van der Waals surface area contributed by atoms with E-state index >= 15 is 0 Å². The molecule has 27 heavy (non-hydrogen) atoms. The molecule has 0 unspecified atom stereocenters. The second-order valence-corrected chi connectivity index (χ2v) is 6.57. The van der Waals surface area contributed by atoms with Crippen LogP contribution >= 0.6 is 11.8 Å². The molecule has 0 aliphatic heterocycles. The van der Waals surface area contributed by atoms with E-state index in [-0.39, 0.29) is 24.2 Å². The van der Waals surface area contributed by atoms with Gasteiger partial charge >= 0.3 is 0 Å². The molecule has 0 aliphatic rings. The van der Waals surface area contributed by atoms with E-state index < -0.39 is 6.04 Å². The number of ether oxygens (including phenoxy) is 1. The van der Waals surface area contributed by atoms with Crippen LogP contribution in [0.3, 0.4) is 0 Å². The fourth-order valence-corrected chi connectivity index (χ4v) is 2.70.